The number of carbonyl (C=O) groups excluding carboxylic acids is 3. The summed E-state index contributed by atoms with van der Waals surface area (Å²) in [6.45, 7) is 1.62. The molecular formula is C28H19BrClN3O5. The highest BCUT2D eigenvalue weighted by molar-refractivity contribution is 9.10. The van der Waals surface area contributed by atoms with Gasteiger partial charge in [-0.3, -0.25) is 24.5 Å². The molecule has 0 radical (unpaired) electrons. The van der Waals surface area contributed by atoms with Crippen LogP contribution in [0.15, 0.2) is 71.2 Å². The summed E-state index contributed by atoms with van der Waals surface area (Å²) in [4.78, 5) is 55.7. The lowest BCUT2D eigenvalue weighted by molar-refractivity contribution is -0.384. The van der Waals surface area contributed by atoms with Gasteiger partial charge in [-0.2, -0.15) is 0 Å². The first kappa shape index (κ1) is 24.5. The zero-order valence-electron chi connectivity index (χ0n) is 19.9. The Morgan fingerprint density at radius 2 is 1.68 bits per heavy atom. The molecule has 190 valence electrons. The SMILES string of the molecule is Cc1cc([N+](=O)[O-])ccc1N1C(=O)[C@@H]2[C@H](C1=O)[C@@H]1C=Cc3ccc(Cl)cc3N1[C@@H]2C(=O)c1ccc(Br)cc1. The molecule has 0 aliphatic carbocycles. The van der Waals surface area contributed by atoms with Gasteiger partial charge >= 0.3 is 0 Å². The number of halogens is 2. The van der Waals surface area contributed by atoms with Crippen molar-refractivity contribution in [2.24, 2.45) is 11.8 Å². The van der Waals surface area contributed by atoms with Crippen molar-refractivity contribution in [2.45, 2.75) is 19.0 Å². The van der Waals surface area contributed by atoms with E-state index in [9.17, 15) is 24.5 Å². The van der Waals surface area contributed by atoms with E-state index in [4.69, 9.17) is 11.6 Å². The van der Waals surface area contributed by atoms with Crippen LogP contribution in [0.1, 0.15) is 21.5 Å². The van der Waals surface area contributed by atoms with E-state index < -0.39 is 40.7 Å². The fourth-order valence-corrected chi connectivity index (χ4v) is 6.29. The molecule has 0 spiro atoms. The summed E-state index contributed by atoms with van der Waals surface area (Å²) < 4.78 is 0.807. The van der Waals surface area contributed by atoms with Crippen LogP contribution in [0.3, 0.4) is 0 Å². The number of rotatable bonds is 4. The van der Waals surface area contributed by atoms with E-state index in [0.717, 1.165) is 14.9 Å². The average molecular weight is 593 g/mol. The number of carbonyl (C=O) groups is 3. The zero-order valence-corrected chi connectivity index (χ0v) is 22.2. The van der Waals surface area contributed by atoms with Gasteiger partial charge in [0.1, 0.15) is 6.04 Å². The molecule has 6 rings (SSSR count). The highest BCUT2D eigenvalue weighted by Crippen LogP contribution is 2.50. The number of nitrogens with zero attached hydrogens (tertiary/aromatic N) is 3. The van der Waals surface area contributed by atoms with E-state index in [1.165, 1.54) is 18.2 Å². The van der Waals surface area contributed by atoms with Crippen LogP contribution in [-0.2, 0) is 9.59 Å². The summed E-state index contributed by atoms with van der Waals surface area (Å²) in [5, 5.41) is 11.7. The second kappa shape index (κ2) is 8.89. The number of Topliss-reactive ketones (excluding diaryl/α,β-unsaturated/α-hetero) is 1. The van der Waals surface area contributed by atoms with Crippen molar-refractivity contribution in [2.75, 3.05) is 9.80 Å². The van der Waals surface area contributed by atoms with Crippen molar-refractivity contribution in [3.63, 3.8) is 0 Å². The fraction of sp³-hybridized carbons (Fsp3) is 0.179. The molecule has 0 aromatic heterocycles. The first-order valence-electron chi connectivity index (χ1n) is 11.9. The maximum absolute atomic E-state index is 14.1. The Morgan fingerprint density at radius 1 is 0.974 bits per heavy atom. The van der Waals surface area contributed by atoms with Gasteiger partial charge in [-0.25, -0.2) is 4.90 Å². The van der Waals surface area contributed by atoms with Crippen molar-refractivity contribution < 1.29 is 19.3 Å². The first-order chi connectivity index (χ1) is 18.2. The molecule has 2 fully saturated rings. The maximum atomic E-state index is 14.1. The molecule has 2 amide bonds. The molecule has 3 aliphatic rings. The van der Waals surface area contributed by atoms with Crippen molar-refractivity contribution in [3.8, 4) is 0 Å². The third kappa shape index (κ3) is 3.60. The molecule has 8 nitrogen and oxygen atoms in total. The van der Waals surface area contributed by atoms with E-state index in [-0.39, 0.29) is 17.2 Å². The standard InChI is InChI=1S/C28H19BrClN3O5/c1-14-12-19(33(37)38)9-11-20(14)32-27(35)23-21-10-5-15-4-8-18(30)13-22(15)31(21)25(24(23)28(32)36)26(34)16-2-6-17(29)7-3-16/h2-13,21,23-25H,1H3/t21-,23+,24+,25-/m0/s1. The van der Waals surface area contributed by atoms with Gasteiger partial charge in [0.05, 0.1) is 28.5 Å². The average Bonchev–Trinajstić information content (AvgIpc) is 3.37. The van der Waals surface area contributed by atoms with Crippen LogP contribution in [0.2, 0.25) is 5.02 Å². The van der Waals surface area contributed by atoms with E-state index >= 15 is 0 Å². The van der Waals surface area contributed by atoms with Crippen molar-refractivity contribution in [3.05, 3.63) is 103 Å². The number of nitro groups is 1. The molecule has 38 heavy (non-hydrogen) atoms. The van der Waals surface area contributed by atoms with Gasteiger partial charge in [-0.05, 0) is 48.4 Å². The Balaban J connectivity index is 1.49. The predicted octanol–water partition coefficient (Wildman–Crippen LogP) is 5.59. The molecule has 3 aromatic rings. The molecule has 4 atom stereocenters. The normalized spacial score (nSPS) is 23.3. The number of hydrogen-bond acceptors (Lipinski definition) is 6. The van der Waals surface area contributed by atoms with Crippen LogP contribution in [-0.4, -0.2) is 34.6 Å². The number of amides is 2. The minimum Gasteiger partial charge on any atom is -0.352 e. The number of anilines is 2. The number of imide groups is 1. The number of benzene rings is 3. The third-order valence-electron chi connectivity index (χ3n) is 7.50. The smallest absolute Gasteiger partial charge is 0.269 e. The third-order valence-corrected chi connectivity index (χ3v) is 8.26. The molecule has 0 saturated carbocycles. The summed E-state index contributed by atoms with van der Waals surface area (Å²) in [6.07, 6.45) is 3.74. The highest BCUT2D eigenvalue weighted by Gasteiger charge is 2.64. The van der Waals surface area contributed by atoms with Crippen LogP contribution in [0.4, 0.5) is 17.1 Å². The number of aryl methyl sites for hydroxylation is 1. The summed E-state index contributed by atoms with van der Waals surface area (Å²) in [6, 6.07) is 14.8. The maximum Gasteiger partial charge on any atom is 0.269 e. The monoisotopic (exact) mass is 591 g/mol. The zero-order chi connectivity index (χ0) is 26.9. The van der Waals surface area contributed by atoms with Gasteiger partial charge in [0, 0.05) is 32.9 Å². The van der Waals surface area contributed by atoms with Crippen LogP contribution in [0.5, 0.6) is 0 Å². The largest absolute Gasteiger partial charge is 0.352 e. The Labute approximate surface area is 230 Å². The topological polar surface area (TPSA) is 101 Å². The Bertz CT molecular complexity index is 1590. The molecule has 10 heteroatoms. The lowest BCUT2D eigenvalue weighted by atomic mass is 9.86. The van der Waals surface area contributed by atoms with Gasteiger partial charge in [-0.1, -0.05) is 57.9 Å². The second-order valence-corrected chi connectivity index (χ2v) is 10.9. The Hall–Kier alpha value is -3.82. The van der Waals surface area contributed by atoms with Crippen molar-refractivity contribution >= 4 is 68.3 Å². The summed E-state index contributed by atoms with van der Waals surface area (Å²) >= 11 is 9.72. The lowest BCUT2D eigenvalue weighted by Gasteiger charge is -2.36. The molecule has 3 aromatic carbocycles. The number of fused-ring (bicyclic) bond motifs is 5. The quantitative estimate of drug-likeness (QED) is 0.169. The van der Waals surface area contributed by atoms with Gasteiger partial charge in [-0.15, -0.1) is 0 Å². The molecule has 0 bridgehead atoms. The van der Waals surface area contributed by atoms with Crippen LogP contribution >= 0.6 is 27.5 Å². The minimum atomic E-state index is -0.951. The highest BCUT2D eigenvalue weighted by atomic mass is 79.9. The predicted molar refractivity (Wildman–Crippen MR) is 146 cm³/mol. The molecular weight excluding hydrogens is 574 g/mol. The van der Waals surface area contributed by atoms with Gasteiger partial charge in [0.25, 0.3) is 5.69 Å². The van der Waals surface area contributed by atoms with Crippen molar-refractivity contribution in [1.82, 2.24) is 0 Å². The van der Waals surface area contributed by atoms with Gasteiger partial charge in [0.15, 0.2) is 5.78 Å². The summed E-state index contributed by atoms with van der Waals surface area (Å²) in [5.74, 6) is -2.98. The minimum absolute atomic E-state index is 0.135. The van der Waals surface area contributed by atoms with E-state index in [0.29, 0.717) is 21.8 Å². The number of nitro benzene ring substituents is 1. The molecule has 0 N–H and O–H groups in total. The van der Waals surface area contributed by atoms with Gasteiger partial charge < -0.3 is 4.90 Å². The van der Waals surface area contributed by atoms with Crippen LogP contribution in [0, 0.1) is 28.9 Å². The lowest BCUT2D eigenvalue weighted by Crippen LogP contribution is -2.49. The summed E-state index contributed by atoms with van der Waals surface area (Å²) in [5.41, 5.74) is 2.51. The number of ketones is 1. The number of hydrogen-bond donors (Lipinski definition) is 0. The van der Waals surface area contributed by atoms with E-state index in [1.807, 2.05) is 23.1 Å². The van der Waals surface area contributed by atoms with E-state index in [2.05, 4.69) is 15.9 Å². The second-order valence-electron chi connectivity index (χ2n) is 9.57. The Morgan fingerprint density at radius 3 is 2.37 bits per heavy atom. The first-order valence-corrected chi connectivity index (χ1v) is 13.0. The van der Waals surface area contributed by atoms with Gasteiger partial charge in [0.2, 0.25) is 11.8 Å². The Kier molecular flexibility index (Phi) is 5.73. The van der Waals surface area contributed by atoms with E-state index in [1.54, 1.807) is 43.3 Å². The fourth-order valence-electron chi connectivity index (χ4n) is 5.86. The molecule has 3 aliphatic heterocycles. The summed E-state index contributed by atoms with van der Waals surface area (Å²) in [7, 11) is 0. The van der Waals surface area contributed by atoms with Crippen molar-refractivity contribution in [1.29, 1.82) is 0 Å². The molecule has 3 heterocycles. The number of non-ortho nitro benzene ring substituents is 1. The van der Waals surface area contributed by atoms with Crippen LogP contribution < -0.4 is 9.80 Å². The van der Waals surface area contributed by atoms with Crippen LogP contribution in [0.25, 0.3) is 6.08 Å². The molecule has 0 unspecified atom stereocenters. The molecule has 2 saturated heterocycles.